The summed E-state index contributed by atoms with van der Waals surface area (Å²) in [6.07, 6.45) is 0. The van der Waals surface area contributed by atoms with Gasteiger partial charge in [0.2, 0.25) is 0 Å². The third kappa shape index (κ3) is 5.23. The molecular formula is C20H23NO3. The van der Waals surface area contributed by atoms with Crippen molar-refractivity contribution in [3.05, 3.63) is 65.7 Å². The Labute approximate surface area is 142 Å². The summed E-state index contributed by atoms with van der Waals surface area (Å²) in [6.45, 7) is 5.88. The number of carbonyl (C=O) groups excluding carboxylic acids is 2. The molecule has 4 nitrogen and oxygen atoms in total. The molecule has 126 valence electrons. The lowest BCUT2D eigenvalue weighted by molar-refractivity contribution is -0.129. The van der Waals surface area contributed by atoms with Crippen molar-refractivity contribution in [1.29, 1.82) is 0 Å². The van der Waals surface area contributed by atoms with Crippen molar-refractivity contribution < 1.29 is 14.3 Å². The smallest absolute Gasteiger partial charge is 0.338 e. The van der Waals surface area contributed by atoms with Gasteiger partial charge in [-0.3, -0.25) is 4.79 Å². The maximum absolute atomic E-state index is 12.0. The first-order valence-electron chi connectivity index (χ1n) is 7.94. The highest BCUT2D eigenvalue weighted by atomic mass is 16.5. The van der Waals surface area contributed by atoms with Crippen LogP contribution in [0, 0.1) is 5.41 Å². The number of para-hydroxylation sites is 1. The van der Waals surface area contributed by atoms with E-state index in [1.807, 2.05) is 42.5 Å². The molecule has 0 radical (unpaired) electrons. The number of ether oxygens (including phenoxy) is 1. The van der Waals surface area contributed by atoms with Crippen LogP contribution >= 0.6 is 0 Å². The molecule has 1 N–H and O–H groups in total. The molecule has 0 aliphatic carbocycles. The highest BCUT2D eigenvalue weighted by Crippen LogP contribution is 2.15. The lowest BCUT2D eigenvalue weighted by Crippen LogP contribution is -2.26. The quantitative estimate of drug-likeness (QED) is 0.813. The highest BCUT2D eigenvalue weighted by molar-refractivity contribution is 5.92. The van der Waals surface area contributed by atoms with Gasteiger partial charge in [0, 0.05) is 17.6 Å². The van der Waals surface area contributed by atoms with Gasteiger partial charge in [-0.1, -0.05) is 51.1 Å². The minimum absolute atomic E-state index is 0.0977. The first-order valence-corrected chi connectivity index (χ1v) is 7.94. The molecular weight excluding hydrogens is 302 g/mol. The van der Waals surface area contributed by atoms with Crippen molar-refractivity contribution in [3.63, 3.8) is 0 Å². The van der Waals surface area contributed by atoms with Gasteiger partial charge in [-0.2, -0.15) is 0 Å². The number of rotatable bonds is 6. The number of esters is 1. The lowest BCUT2D eigenvalue weighted by atomic mass is 9.91. The SMILES string of the molecule is CC(C)(C)C(=O)COC(=O)c1ccc(CNc2ccccc2)cc1. The van der Waals surface area contributed by atoms with Crippen molar-refractivity contribution >= 4 is 17.4 Å². The molecule has 2 aromatic carbocycles. The number of carbonyl (C=O) groups is 2. The Balaban J connectivity index is 1.87. The summed E-state index contributed by atoms with van der Waals surface area (Å²) >= 11 is 0. The number of hydrogen-bond acceptors (Lipinski definition) is 4. The summed E-state index contributed by atoms with van der Waals surface area (Å²) < 4.78 is 5.08. The first-order chi connectivity index (χ1) is 11.4. The molecule has 2 rings (SSSR count). The van der Waals surface area contributed by atoms with Crippen molar-refractivity contribution in [3.8, 4) is 0 Å². The Morgan fingerprint density at radius 2 is 1.58 bits per heavy atom. The van der Waals surface area contributed by atoms with Gasteiger partial charge in [0.05, 0.1) is 5.56 Å². The summed E-state index contributed by atoms with van der Waals surface area (Å²) in [4.78, 5) is 23.8. The minimum Gasteiger partial charge on any atom is -0.454 e. The van der Waals surface area contributed by atoms with Crippen LogP contribution in [0.2, 0.25) is 0 Å². The molecule has 0 saturated carbocycles. The number of Topliss-reactive ketones (excluding diaryl/α,β-unsaturated/α-hetero) is 1. The van der Waals surface area contributed by atoms with Crippen LogP contribution in [-0.4, -0.2) is 18.4 Å². The zero-order valence-corrected chi connectivity index (χ0v) is 14.3. The Hall–Kier alpha value is -2.62. The summed E-state index contributed by atoms with van der Waals surface area (Å²) in [7, 11) is 0. The average molecular weight is 325 g/mol. The fraction of sp³-hybridized carbons (Fsp3) is 0.300. The van der Waals surface area contributed by atoms with Gasteiger partial charge in [-0.15, -0.1) is 0 Å². The maximum Gasteiger partial charge on any atom is 0.338 e. The van der Waals surface area contributed by atoms with E-state index in [1.54, 1.807) is 32.9 Å². The van der Waals surface area contributed by atoms with Crippen LogP contribution in [0.15, 0.2) is 54.6 Å². The molecule has 0 bridgehead atoms. The molecule has 2 aromatic rings. The van der Waals surface area contributed by atoms with E-state index in [0.717, 1.165) is 11.3 Å². The van der Waals surface area contributed by atoms with Gasteiger partial charge in [0.25, 0.3) is 0 Å². The van der Waals surface area contributed by atoms with E-state index in [2.05, 4.69) is 5.32 Å². The number of nitrogens with one attached hydrogen (secondary N) is 1. The fourth-order valence-electron chi connectivity index (χ4n) is 1.95. The van der Waals surface area contributed by atoms with E-state index >= 15 is 0 Å². The predicted molar refractivity (Wildman–Crippen MR) is 95.0 cm³/mol. The largest absolute Gasteiger partial charge is 0.454 e. The van der Waals surface area contributed by atoms with Crippen LogP contribution in [0.5, 0.6) is 0 Å². The third-order valence-corrected chi connectivity index (χ3v) is 3.63. The molecule has 0 unspecified atom stereocenters. The highest BCUT2D eigenvalue weighted by Gasteiger charge is 2.22. The normalized spacial score (nSPS) is 11.0. The van der Waals surface area contributed by atoms with E-state index in [0.29, 0.717) is 12.1 Å². The second-order valence-electron chi connectivity index (χ2n) is 6.67. The Kier molecular flexibility index (Phi) is 5.74. The lowest BCUT2D eigenvalue weighted by Gasteiger charge is -2.16. The Morgan fingerprint density at radius 3 is 2.17 bits per heavy atom. The maximum atomic E-state index is 12.0. The van der Waals surface area contributed by atoms with Crippen molar-refractivity contribution in [2.75, 3.05) is 11.9 Å². The molecule has 24 heavy (non-hydrogen) atoms. The van der Waals surface area contributed by atoms with Crippen LogP contribution < -0.4 is 5.32 Å². The van der Waals surface area contributed by atoms with Gasteiger partial charge in [0.15, 0.2) is 12.4 Å². The summed E-state index contributed by atoms with van der Waals surface area (Å²) in [5.74, 6) is -0.574. The van der Waals surface area contributed by atoms with Crippen molar-refractivity contribution in [1.82, 2.24) is 0 Å². The topological polar surface area (TPSA) is 55.4 Å². The number of ketones is 1. The van der Waals surface area contributed by atoms with Crippen LogP contribution in [0.25, 0.3) is 0 Å². The van der Waals surface area contributed by atoms with Gasteiger partial charge in [0.1, 0.15) is 0 Å². The molecule has 0 aromatic heterocycles. The van der Waals surface area contributed by atoms with Gasteiger partial charge >= 0.3 is 5.97 Å². The zero-order chi connectivity index (χ0) is 17.6. The predicted octanol–water partition coefficient (Wildman–Crippen LogP) is 4.07. The Morgan fingerprint density at radius 1 is 0.958 bits per heavy atom. The zero-order valence-electron chi connectivity index (χ0n) is 14.3. The van der Waals surface area contributed by atoms with E-state index in [9.17, 15) is 9.59 Å². The number of hydrogen-bond donors (Lipinski definition) is 1. The molecule has 0 spiro atoms. The second kappa shape index (κ2) is 7.77. The minimum atomic E-state index is -0.507. The van der Waals surface area contributed by atoms with E-state index in [1.165, 1.54) is 0 Å². The second-order valence-corrected chi connectivity index (χ2v) is 6.67. The molecule has 0 amide bonds. The van der Waals surface area contributed by atoms with E-state index in [4.69, 9.17) is 4.74 Å². The molecule has 0 saturated heterocycles. The third-order valence-electron chi connectivity index (χ3n) is 3.63. The average Bonchev–Trinajstić information content (AvgIpc) is 2.58. The van der Waals surface area contributed by atoms with Gasteiger partial charge in [-0.25, -0.2) is 4.79 Å². The Bertz CT molecular complexity index is 685. The van der Waals surface area contributed by atoms with Crippen LogP contribution in [0.1, 0.15) is 36.7 Å². The molecule has 0 atom stereocenters. The van der Waals surface area contributed by atoms with E-state index in [-0.39, 0.29) is 12.4 Å². The number of benzene rings is 2. The first kappa shape index (κ1) is 17.7. The molecule has 0 aliphatic rings. The van der Waals surface area contributed by atoms with E-state index < -0.39 is 11.4 Å². The summed E-state index contributed by atoms with van der Waals surface area (Å²) in [6, 6.07) is 17.1. The summed E-state index contributed by atoms with van der Waals surface area (Å²) in [5.41, 5.74) is 2.04. The molecule has 0 heterocycles. The molecule has 4 heteroatoms. The van der Waals surface area contributed by atoms with Crippen LogP contribution in [0.4, 0.5) is 5.69 Å². The molecule has 0 fully saturated rings. The van der Waals surface area contributed by atoms with Crippen molar-refractivity contribution in [2.24, 2.45) is 5.41 Å². The monoisotopic (exact) mass is 325 g/mol. The van der Waals surface area contributed by atoms with Crippen LogP contribution in [0.3, 0.4) is 0 Å². The summed E-state index contributed by atoms with van der Waals surface area (Å²) in [5, 5.41) is 3.31. The van der Waals surface area contributed by atoms with Crippen LogP contribution in [-0.2, 0) is 16.1 Å². The number of anilines is 1. The van der Waals surface area contributed by atoms with Crippen molar-refractivity contribution in [2.45, 2.75) is 27.3 Å². The fourth-order valence-corrected chi connectivity index (χ4v) is 1.95. The standard InChI is InChI=1S/C20H23NO3/c1-20(2,3)18(22)14-24-19(23)16-11-9-15(10-12-16)13-21-17-7-5-4-6-8-17/h4-12,21H,13-14H2,1-3H3. The molecule has 0 aliphatic heterocycles. The van der Waals surface area contributed by atoms with Gasteiger partial charge < -0.3 is 10.1 Å². The van der Waals surface area contributed by atoms with Gasteiger partial charge in [-0.05, 0) is 29.8 Å².